The highest BCUT2D eigenvalue weighted by Crippen LogP contribution is 2.28. The molecule has 1 aliphatic heterocycles. The normalized spacial score (nSPS) is 20.0. The Labute approximate surface area is 151 Å². The molecule has 2 unspecified atom stereocenters. The number of carbonyl (C=O) groups is 1. The number of primary amides is 1. The predicted octanol–water partition coefficient (Wildman–Crippen LogP) is 2.21. The molecule has 2 aromatic rings. The van der Waals surface area contributed by atoms with Gasteiger partial charge in [-0.3, -0.25) is 14.8 Å². The quantitative estimate of drug-likeness (QED) is 0.802. The van der Waals surface area contributed by atoms with Crippen molar-refractivity contribution in [2.75, 3.05) is 13.1 Å². The second kappa shape index (κ2) is 8.01. The van der Waals surface area contributed by atoms with E-state index in [0.717, 1.165) is 12.0 Å². The standard InChI is InChI=1S/C20H21FN4O/c21-17-4-1-3-16(11-17)18(19(22)26)25-14-20(7-2-8-24-13-20)12-15-5-9-23-10-6-15/h1-11,18,25H,12-14H2,(H2,22,26). The molecule has 0 bridgehead atoms. The number of nitrogens with one attached hydrogen (secondary N) is 1. The number of hydrogen-bond donors (Lipinski definition) is 2. The first-order valence-corrected chi connectivity index (χ1v) is 8.43. The number of aromatic nitrogens is 1. The fourth-order valence-corrected chi connectivity index (χ4v) is 3.17. The van der Waals surface area contributed by atoms with Gasteiger partial charge in [0.05, 0.1) is 0 Å². The first-order valence-electron chi connectivity index (χ1n) is 8.43. The van der Waals surface area contributed by atoms with E-state index in [1.54, 1.807) is 30.7 Å². The number of allylic oxidation sites excluding steroid dienone is 1. The zero-order valence-corrected chi connectivity index (χ0v) is 14.3. The van der Waals surface area contributed by atoms with Crippen LogP contribution in [0.1, 0.15) is 17.2 Å². The molecule has 1 amide bonds. The summed E-state index contributed by atoms with van der Waals surface area (Å²) >= 11 is 0. The molecule has 2 atom stereocenters. The number of hydrogen-bond acceptors (Lipinski definition) is 4. The minimum atomic E-state index is -0.765. The van der Waals surface area contributed by atoms with Crippen molar-refractivity contribution >= 4 is 12.1 Å². The van der Waals surface area contributed by atoms with E-state index in [2.05, 4.69) is 21.4 Å². The molecular weight excluding hydrogens is 331 g/mol. The Hall–Kier alpha value is -2.86. The van der Waals surface area contributed by atoms with Gasteiger partial charge in [-0.1, -0.05) is 18.2 Å². The van der Waals surface area contributed by atoms with E-state index in [0.29, 0.717) is 18.7 Å². The third kappa shape index (κ3) is 4.40. The molecule has 0 fully saturated rings. The van der Waals surface area contributed by atoms with E-state index in [4.69, 9.17) is 5.73 Å². The molecule has 1 aromatic carbocycles. The molecule has 1 aliphatic rings. The van der Waals surface area contributed by atoms with Crippen LogP contribution in [-0.2, 0) is 11.2 Å². The monoisotopic (exact) mass is 352 g/mol. The van der Waals surface area contributed by atoms with Crippen LogP contribution in [0.3, 0.4) is 0 Å². The van der Waals surface area contributed by atoms with Crippen LogP contribution in [0.4, 0.5) is 4.39 Å². The Balaban J connectivity index is 1.79. The van der Waals surface area contributed by atoms with Crippen LogP contribution >= 0.6 is 0 Å². The van der Waals surface area contributed by atoms with Crippen LogP contribution in [-0.4, -0.2) is 30.2 Å². The number of halogens is 1. The van der Waals surface area contributed by atoms with E-state index in [1.807, 2.05) is 18.2 Å². The van der Waals surface area contributed by atoms with Crippen LogP contribution < -0.4 is 11.1 Å². The van der Waals surface area contributed by atoms with Crippen molar-refractivity contribution in [1.82, 2.24) is 10.3 Å². The Morgan fingerprint density at radius 3 is 2.77 bits per heavy atom. The average Bonchev–Trinajstić information content (AvgIpc) is 2.63. The predicted molar refractivity (Wildman–Crippen MR) is 99.2 cm³/mol. The van der Waals surface area contributed by atoms with Gasteiger partial charge in [-0.05, 0) is 47.9 Å². The van der Waals surface area contributed by atoms with Crippen molar-refractivity contribution in [3.63, 3.8) is 0 Å². The molecule has 0 radical (unpaired) electrons. The summed E-state index contributed by atoms with van der Waals surface area (Å²) in [6.07, 6.45) is 10.0. The molecule has 0 saturated heterocycles. The van der Waals surface area contributed by atoms with E-state index in [9.17, 15) is 9.18 Å². The lowest BCUT2D eigenvalue weighted by molar-refractivity contribution is -0.120. The van der Waals surface area contributed by atoms with Gasteiger partial charge in [0.1, 0.15) is 11.9 Å². The van der Waals surface area contributed by atoms with Crippen molar-refractivity contribution in [1.29, 1.82) is 0 Å². The van der Waals surface area contributed by atoms with Crippen LogP contribution in [0, 0.1) is 11.2 Å². The molecule has 3 N–H and O–H groups in total. The summed E-state index contributed by atoms with van der Waals surface area (Å²) in [6.45, 7) is 1.07. The molecule has 0 aliphatic carbocycles. The summed E-state index contributed by atoms with van der Waals surface area (Å²) in [4.78, 5) is 20.4. The summed E-state index contributed by atoms with van der Waals surface area (Å²) in [5.41, 5.74) is 6.90. The molecule has 1 aromatic heterocycles. The minimum Gasteiger partial charge on any atom is -0.368 e. The van der Waals surface area contributed by atoms with E-state index < -0.39 is 17.8 Å². The van der Waals surface area contributed by atoms with Crippen LogP contribution in [0.2, 0.25) is 0 Å². The third-order valence-corrected chi connectivity index (χ3v) is 4.48. The Morgan fingerprint density at radius 1 is 1.31 bits per heavy atom. The number of nitrogens with two attached hydrogens (primary N) is 1. The number of benzene rings is 1. The highest BCUT2D eigenvalue weighted by Gasteiger charge is 2.30. The number of aliphatic imine (C=N–C) groups is 1. The van der Waals surface area contributed by atoms with Crippen molar-refractivity contribution in [2.45, 2.75) is 12.5 Å². The molecule has 2 heterocycles. The topological polar surface area (TPSA) is 80.4 Å². The number of nitrogens with zero attached hydrogens (tertiary/aromatic N) is 2. The fraction of sp³-hybridized carbons (Fsp3) is 0.250. The number of amides is 1. The second-order valence-electron chi connectivity index (χ2n) is 6.51. The third-order valence-electron chi connectivity index (χ3n) is 4.48. The van der Waals surface area contributed by atoms with Gasteiger partial charge in [-0.15, -0.1) is 0 Å². The largest absolute Gasteiger partial charge is 0.368 e. The SMILES string of the molecule is NC(=O)C(NCC1(Cc2ccncc2)C=CC=NC1)c1cccc(F)c1. The lowest BCUT2D eigenvalue weighted by atomic mass is 9.80. The van der Waals surface area contributed by atoms with Gasteiger partial charge < -0.3 is 11.1 Å². The summed E-state index contributed by atoms with van der Waals surface area (Å²) in [5.74, 6) is -0.942. The van der Waals surface area contributed by atoms with E-state index in [1.165, 1.54) is 12.1 Å². The maximum Gasteiger partial charge on any atom is 0.239 e. The van der Waals surface area contributed by atoms with Gasteiger partial charge in [-0.25, -0.2) is 4.39 Å². The zero-order chi connectivity index (χ0) is 18.4. The van der Waals surface area contributed by atoms with Crippen molar-refractivity contribution in [3.05, 3.63) is 77.9 Å². The van der Waals surface area contributed by atoms with Crippen molar-refractivity contribution in [2.24, 2.45) is 16.1 Å². The van der Waals surface area contributed by atoms with Gasteiger partial charge in [0.15, 0.2) is 0 Å². The zero-order valence-electron chi connectivity index (χ0n) is 14.3. The highest BCUT2D eigenvalue weighted by molar-refractivity contribution is 5.81. The Kier molecular flexibility index (Phi) is 5.53. The summed E-state index contributed by atoms with van der Waals surface area (Å²) in [5, 5.41) is 3.21. The van der Waals surface area contributed by atoms with Gasteiger partial charge >= 0.3 is 0 Å². The number of carbonyl (C=O) groups excluding carboxylic acids is 1. The number of pyridine rings is 1. The van der Waals surface area contributed by atoms with Crippen LogP contribution in [0.25, 0.3) is 0 Å². The number of rotatable bonds is 7. The first kappa shape index (κ1) is 17.9. The maximum absolute atomic E-state index is 13.5. The van der Waals surface area contributed by atoms with E-state index in [-0.39, 0.29) is 5.41 Å². The molecule has 134 valence electrons. The van der Waals surface area contributed by atoms with Gasteiger partial charge in [-0.2, -0.15) is 0 Å². The van der Waals surface area contributed by atoms with Gasteiger partial charge in [0.25, 0.3) is 0 Å². The molecule has 0 spiro atoms. The van der Waals surface area contributed by atoms with Crippen LogP contribution in [0.5, 0.6) is 0 Å². The maximum atomic E-state index is 13.5. The second-order valence-corrected chi connectivity index (χ2v) is 6.51. The summed E-state index contributed by atoms with van der Waals surface area (Å²) in [6, 6.07) is 9.09. The minimum absolute atomic E-state index is 0.295. The molecule has 3 rings (SSSR count). The van der Waals surface area contributed by atoms with Crippen molar-refractivity contribution < 1.29 is 9.18 Å². The van der Waals surface area contributed by atoms with Crippen LogP contribution in [0.15, 0.2) is 65.9 Å². The van der Waals surface area contributed by atoms with E-state index >= 15 is 0 Å². The molecular formula is C20H21FN4O. The molecule has 0 saturated carbocycles. The Morgan fingerprint density at radius 2 is 2.12 bits per heavy atom. The van der Waals surface area contributed by atoms with Gasteiger partial charge in [0.2, 0.25) is 5.91 Å². The lowest BCUT2D eigenvalue weighted by Gasteiger charge is -2.32. The highest BCUT2D eigenvalue weighted by atomic mass is 19.1. The first-order chi connectivity index (χ1) is 12.6. The lowest BCUT2D eigenvalue weighted by Crippen LogP contribution is -2.43. The van der Waals surface area contributed by atoms with Crippen molar-refractivity contribution in [3.8, 4) is 0 Å². The Bertz CT molecular complexity index is 822. The fourth-order valence-electron chi connectivity index (χ4n) is 3.17. The molecule has 26 heavy (non-hydrogen) atoms. The van der Waals surface area contributed by atoms with Gasteiger partial charge in [0, 0.05) is 37.1 Å². The summed E-state index contributed by atoms with van der Waals surface area (Å²) < 4.78 is 13.5. The summed E-state index contributed by atoms with van der Waals surface area (Å²) in [7, 11) is 0. The smallest absolute Gasteiger partial charge is 0.239 e. The number of dihydropyridines is 1. The average molecular weight is 352 g/mol. The molecule has 6 heteroatoms. The molecule has 5 nitrogen and oxygen atoms in total.